The number of ketones is 1. The Morgan fingerprint density at radius 1 is 1.10 bits per heavy atom. The highest BCUT2D eigenvalue weighted by atomic mass is 19.1. The lowest BCUT2D eigenvalue weighted by atomic mass is 9.99. The van der Waals surface area contributed by atoms with Gasteiger partial charge < -0.3 is 21.1 Å². The van der Waals surface area contributed by atoms with Gasteiger partial charge in [0.05, 0.1) is 17.7 Å². The van der Waals surface area contributed by atoms with Crippen molar-refractivity contribution >= 4 is 34.2 Å². The molecule has 1 fully saturated rings. The summed E-state index contributed by atoms with van der Waals surface area (Å²) in [6, 6.07) is 15.5. The molecule has 2 heterocycles. The molecule has 4 aromatic rings. The van der Waals surface area contributed by atoms with E-state index in [1.807, 2.05) is 6.07 Å². The lowest BCUT2D eigenvalue weighted by molar-refractivity contribution is -0.137. The number of alkyl halides is 1. The number of nitrogens with two attached hydrogens (primary N) is 1. The van der Waals surface area contributed by atoms with Gasteiger partial charge in [-0.25, -0.2) is 8.78 Å². The highest BCUT2D eigenvalue weighted by Crippen LogP contribution is 2.33. The smallest absolute Gasteiger partial charge is 0.247 e. The van der Waals surface area contributed by atoms with Crippen LogP contribution in [0.15, 0.2) is 60.7 Å². The third-order valence-electron chi connectivity index (χ3n) is 7.72. The molecule has 41 heavy (non-hydrogen) atoms. The average Bonchev–Trinajstić information content (AvgIpc) is 3.65. The van der Waals surface area contributed by atoms with Crippen molar-refractivity contribution in [3.63, 3.8) is 0 Å². The summed E-state index contributed by atoms with van der Waals surface area (Å²) in [6.07, 6.45) is -1.95. The van der Waals surface area contributed by atoms with Crippen molar-refractivity contribution in [3.8, 4) is 11.1 Å². The molecule has 2 amide bonds. The van der Waals surface area contributed by atoms with E-state index in [-0.39, 0.29) is 42.2 Å². The van der Waals surface area contributed by atoms with Gasteiger partial charge in [0, 0.05) is 29.4 Å². The van der Waals surface area contributed by atoms with Crippen molar-refractivity contribution in [3.05, 3.63) is 83.3 Å². The van der Waals surface area contributed by atoms with E-state index in [0.717, 1.165) is 10.5 Å². The van der Waals surface area contributed by atoms with Gasteiger partial charge >= 0.3 is 0 Å². The number of rotatable bonds is 6. The number of halogens is 2. The number of nitrogens with one attached hydrogen (secondary N) is 1. The molecule has 4 N–H and O–H groups in total. The number of hydrogen-bond donors (Lipinski definition) is 3. The van der Waals surface area contributed by atoms with Crippen LogP contribution in [0.4, 0.5) is 14.5 Å². The maximum absolute atomic E-state index is 15.6. The maximum atomic E-state index is 15.6. The molecule has 6 rings (SSSR count). The first-order chi connectivity index (χ1) is 19.7. The van der Waals surface area contributed by atoms with Crippen LogP contribution < -0.4 is 11.1 Å². The van der Waals surface area contributed by atoms with Crippen molar-refractivity contribution < 1.29 is 28.3 Å². The van der Waals surface area contributed by atoms with Crippen LogP contribution in [0.25, 0.3) is 22.0 Å². The number of aliphatic hydroxyl groups excluding tert-OH is 1. The fourth-order valence-corrected chi connectivity index (χ4v) is 5.69. The van der Waals surface area contributed by atoms with Gasteiger partial charge in [0.15, 0.2) is 11.6 Å². The predicted molar refractivity (Wildman–Crippen MR) is 147 cm³/mol. The first-order valence-corrected chi connectivity index (χ1v) is 13.3. The molecule has 1 unspecified atom stereocenters. The third-order valence-corrected chi connectivity index (χ3v) is 7.72. The quantitative estimate of drug-likeness (QED) is 0.310. The van der Waals surface area contributed by atoms with Crippen LogP contribution in [0.1, 0.15) is 40.7 Å². The lowest BCUT2D eigenvalue weighted by Gasteiger charge is -2.24. The Kier molecular flexibility index (Phi) is 6.84. The molecule has 0 bridgehead atoms. The second kappa shape index (κ2) is 10.5. The summed E-state index contributed by atoms with van der Waals surface area (Å²) in [5.74, 6) is -1.97. The van der Waals surface area contributed by atoms with E-state index in [1.165, 1.54) is 10.7 Å². The zero-order valence-corrected chi connectivity index (χ0v) is 21.9. The topological polar surface area (TPSA) is 131 Å². The lowest BCUT2D eigenvalue weighted by Crippen LogP contribution is -2.44. The molecule has 0 saturated carbocycles. The molecule has 1 aromatic heterocycles. The standard InChI is InChI=1S/C30H27F2N5O4/c31-18-13-24(36(14-18)26(39)15-37-23-7-2-1-4-20(23)28(35-37)29(33)40)30(41)34-22-6-3-5-19(27(22)32)17-9-8-16-10-11-25(38)21(16)12-17/h1-9,12,18,24,29,40H,10-11,13-15,33H2,(H,34,41)/t18-,24+,29?/m1/s1. The van der Waals surface area contributed by atoms with Crippen LogP contribution >= 0.6 is 0 Å². The Morgan fingerprint density at radius 3 is 2.71 bits per heavy atom. The van der Waals surface area contributed by atoms with Gasteiger partial charge in [-0.15, -0.1) is 0 Å². The van der Waals surface area contributed by atoms with Crippen molar-refractivity contribution in [1.82, 2.24) is 14.7 Å². The first-order valence-electron chi connectivity index (χ1n) is 13.3. The molecular formula is C30H27F2N5O4. The summed E-state index contributed by atoms with van der Waals surface area (Å²) in [4.78, 5) is 39.9. The SMILES string of the molecule is NC(O)c1nn(CC(=O)N2C[C@H](F)C[C@H]2C(=O)Nc2cccc(-c3ccc4c(c3)C(=O)CC4)c2F)c2ccccc12. The number of anilines is 1. The minimum absolute atomic E-state index is 0.0111. The summed E-state index contributed by atoms with van der Waals surface area (Å²) in [7, 11) is 0. The summed E-state index contributed by atoms with van der Waals surface area (Å²) < 4.78 is 31.5. The normalized spacial score (nSPS) is 19.0. The van der Waals surface area contributed by atoms with Gasteiger partial charge in [-0.1, -0.05) is 42.5 Å². The number of hydrogen-bond acceptors (Lipinski definition) is 6. The Morgan fingerprint density at radius 2 is 1.90 bits per heavy atom. The van der Waals surface area contributed by atoms with Crippen molar-refractivity contribution in [2.24, 2.45) is 5.73 Å². The minimum atomic E-state index is -1.44. The average molecular weight is 560 g/mol. The van der Waals surface area contributed by atoms with Crippen molar-refractivity contribution in [2.45, 2.75) is 44.2 Å². The molecule has 2 aliphatic rings. The van der Waals surface area contributed by atoms with E-state index >= 15 is 4.39 Å². The zero-order valence-electron chi connectivity index (χ0n) is 21.9. The molecule has 11 heteroatoms. The summed E-state index contributed by atoms with van der Waals surface area (Å²) in [6.45, 7) is -0.612. The number of carbonyl (C=O) groups excluding carboxylic acids is 3. The van der Waals surface area contributed by atoms with Crippen LogP contribution in [-0.2, 0) is 22.6 Å². The number of carbonyl (C=O) groups is 3. The number of benzene rings is 3. The van der Waals surface area contributed by atoms with E-state index < -0.39 is 36.1 Å². The largest absolute Gasteiger partial charge is 0.373 e. The van der Waals surface area contributed by atoms with Crippen LogP contribution in [0.2, 0.25) is 0 Å². The predicted octanol–water partition coefficient (Wildman–Crippen LogP) is 3.50. The van der Waals surface area contributed by atoms with Gasteiger partial charge in [-0.05, 0) is 35.7 Å². The zero-order chi connectivity index (χ0) is 28.8. The third kappa shape index (κ3) is 4.87. The molecule has 210 valence electrons. The Labute approximate surface area is 233 Å². The van der Waals surface area contributed by atoms with Gasteiger partial charge in [0.1, 0.15) is 30.7 Å². The molecule has 0 spiro atoms. The van der Waals surface area contributed by atoms with E-state index in [9.17, 15) is 23.9 Å². The van der Waals surface area contributed by atoms with E-state index in [4.69, 9.17) is 5.73 Å². The number of para-hydroxylation sites is 1. The number of aromatic nitrogens is 2. The number of aliphatic hydroxyl groups is 1. The van der Waals surface area contributed by atoms with E-state index in [0.29, 0.717) is 34.9 Å². The van der Waals surface area contributed by atoms with E-state index in [1.54, 1.807) is 48.5 Å². The number of Topliss-reactive ketones (excluding diaryl/α,β-unsaturated/α-hetero) is 1. The van der Waals surface area contributed by atoms with Crippen LogP contribution in [0.3, 0.4) is 0 Å². The van der Waals surface area contributed by atoms with E-state index in [2.05, 4.69) is 10.4 Å². The van der Waals surface area contributed by atoms with Crippen LogP contribution in [0.5, 0.6) is 0 Å². The van der Waals surface area contributed by atoms with Crippen molar-refractivity contribution in [2.75, 3.05) is 11.9 Å². The Bertz CT molecular complexity index is 1700. The number of nitrogens with zero attached hydrogens (tertiary/aromatic N) is 3. The maximum Gasteiger partial charge on any atom is 0.247 e. The Hall–Kier alpha value is -4.48. The number of likely N-dealkylation sites (tertiary alicyclic amines) is 1. The minimum Gasteiger partial charge on any atom is -0.373 e. The van der Waals surface area contributed by atoms with Crippen LogP contribution in [-0.4, -0.2) is 56.1 Å². The molecule has 1 saturated heterocycles. The highest BCUT2D eigenvalue weighted by Gasteiger charge is 2.40. The fraction of sp³-hybridized carbons (Fsp3) is 0.267. The molecule has 0 radical (unpaired) electrons. The van der Waals surface area contributed by atoms with Gasteiger partial charge in [-0.2, -0.15) is 5.10 Å². The molecular weight excluding hydrogens is 532 g/mol. The summed E-state index contributed by atoms with van der Waals surface area (Å²) >= 11 is 0. The number of amides is 2. The van der Waals surface area contributed by atoms with Crippen molar-refractivity contribution in [1.29, 1.82) is 0 Å². The van der Waals surface area contributed by atoms with Gasteiger partial charge in [0.25, 0.3) is 0 Å². The Balaban J connectivity index is 1.22. The fourth-order valence-electron chi connectivity index (χ4n) is 5.69. The summed E-state index contributed by atoms with van der Waals surface area (Å²) in [5.41, 5.74) is 8.45. The summed E-state index contributed by atoms with van der Waals surface area (Å²) in [5, 5.41) is 17.3. The first kappa shape index (κ1) is 26.7. The molecule has 9 nitrogen and oxygen atoms in total. The highest BCUT2D eigenvalue weighted by molar-refractivity contribution is 6.02. The second-order valence-corrected chi connectivity index (χ2v) is 10.4. The molecule has 1 aliphatic carbocycles. The number of fused-ring (bicyclic) bond motifs is 2. The monoisotopic (exact) mass is 559 g/mol. The van der Waals surface area contributed by atoms with Gasteiger partial charge in [-0.3, -0.25) is 19.1 Å². The number of aryl methyl sites for hydroxylation is 1. The molecule has 3 aromatic carbocycles. The van der Waals surface area contributed by atoms with Gasteiger partial charge in [0.2, 0.25) is 11.8 Å². The molecule has 3 atom stereocenters. The van der Waals surface area contributed by atoms with Crippen LogP contribution in [0, 0.1) is 5.82 Å². The second-order valence-electron chi connectivity index (χ2n) is 10.4. The molecule has 1 aliphatic heterocycles.